The summed E-state index contributed by atoms with van der Waals surface area (Å²) in [6, 6.07) is 8.87. The van der Waals surface area contributed by atoms with Gasteiger partial charge in [-0.05, 0) is 49.7 Å². The Hall–Kier alpha value is -1.45. The highest BCUT2D eigenvalue weighted by Gasteiger charge is 2.21. The fraction of sp³-hybridized carbons (Fsp3) is 0.471. The molecule has 106 valence electrons. The third-order valence-electron chi connectivity index (χ3n) is 4.21. The molecule has 2 aromatic rings. The lowest BCUT2D eigenvalue weighted by Crippen LogP contribution is -2.27. The Balaban J connectivity index is 1.86. The quantitative estimate of drug-likeness (QED) is 0.924. The molecule has 1 aliphatic heterocycles. The van der Waals surface area contributed by atoms with Gasteiger partial charge in [0.15, 0.2) is 0 Å². The number of hydrogen-bond acceptors (Lipinski definition) is 3. The van der Waals surface area contributed by atoms with Crippen LogP contribution in [0.4, 0.5) is 0 Å². The average molecular weight is 270 g/mol. The van der Waals surface area contributed by atoms with Gasteiger partial charge in [-0.25, -0.2) is 0 Å². The van der Waals surface area contributed by atoms with E-state index in [0.29, 0.717) is 12.1 Å². The van der Waals surface area contributed by atoms with Gasteiger partial charge in [-0.3, -0.25) is 4.98 Å². The second-order valence-corrected chi connectivity index (χ2v) is 5.51. The number of ether oxygens (including phenoxy) is 1. The molecule has 1 aromatic heterocycles. The highest BCUT2D eigenvalue weighted by molar-refractivity contribution is 5.85. The molecule has 1 fully saturated rings. The van der Waals surface area contributed by atoms with Crippen molar-refractivity contribution in [2.24, 2.45) is 0 Å². The first-order valence-corrected chi connectivity index (χ1v) is 7.50. The van der Waals surface area contributed by atoms with Gasteiger partial charge in [-0.15, -0.1) is 0 Å². The van der Waals surface area contributed by atoms with E-state index in [1.54, 1.807) is 0 Å². The van der Waals surface area contributed by atoms with E-state index in [1.165, 1.54) is 35.6 Å². The van der Waals surface area contributed by atoms with E-state index in [2.05, 4.69) is 34.6 Å². The summed E-state index contributed by atoms with van der Waals surface area (Å²) in [6.07, 6.45) is 8.91. The van der Waals surface area contributed by atoms with Gasteiger partial charge in [0, 0.05) is 30.4 Å². The molecule has 0 spiro atoms. The van der Waals surface area contributed by atoms with Crippen LogP contribution >= 0.6 is 0 Å². The minimum atomic E-state index is 0.325. The zero-order valence-corrected chi connectivity index (χ0v) is 12.0. The summed E-state index contributed by atoms with van der Waals surface area (Å²) < 4.78 is 5.89. The van der Waals surface area contributed by atoms with Gasteiger partial charge in [0.2, 0.25) is 0 Å². The Labute approximate surface area is 120 Å². The molecular weight excluding hydrogens is 248 g/mol. The number of pyridine rings is 1. The Morgan fingerprint density at radius 1 is 1.35 bits per heavy atom. The van der Waals surface area contributed by atoms with Crippen LogP contribution in [0.2, 0.25) is 0 Å². The second kappa shape index (κ2) is 6.33. The maximum Gasteiger partial charge on any atom is 0.0593 e. The van der Waals surface area contributed by atoms with E-state index in [1.807, 2.05) is 19.4 Å². The van der Waals surface area contributed by atoms with E-state index in [0.717, 1.165) is 13.0 Å². The smallest absolute Gasteiger partial charge is 0.0593 e. The maximum atomic E-state index is 5.89. The molecule has 1 saturated heterocycles. The molecule has 3 heteroatoms. The first-order chi connectivity index (χ1) is 9.88. The molecule has 1 aromatic carbocycles. The summed E-state index contributed by atoms with van der Waals surface area (Å²) in [6.45, 7) is 0.915. The SMILES string of the molecule is CNC(CC1CCCCO1)c1cccc2ccncc12. The number of rotatable bonds is 4. The number of fused-ring (bicyclic) bond motifs is 1. The predicted octanol–water partition coefficient (Wildman–Crippen LogP) is 3.45. The zero-order chi connectivity index (χ0) is 13.8. The molecule has 2 unspecified atom stereocenters. The van der Waals surface area contributed by atoms with E-state index in [4.69, 9.17) is 4.74 Å². The Morgan fingerprint density at radius 3 is 3.10 bits per heavy atom. The Bertz CT molecular complexity index is 558. The summed E-state index contributed by atoms with van der Waals surface area (Å²) >= 11 is 0. The van der Waals surface area contributed by atoms with Gasteiger partial charge in [-0.2, -0.15) is 0 Å². The second-order valence-electron chi connectivity index (χ2n) is 5.51. The lowest BCUT2D eigenvalue weighted by atomic mass is 9.94. The summed E-state index contributed by atoms with van der Waals surface area (Å²) in [7, 11) is 2.03. The topological polar surface area (TPSA) is 34.1 Å². The van der Waals surface area contributed by atoms with Gasteiger partial charge in [0.1, 0.15) is 0 Å². The van der Waals surface area contributed by atoms with Crippen molar-refractivity contribution in [3.8, 4) is 0 Å². The van der Waals surface area contributed by atoms with Crippen molar-refractivity contribution in [2.75, 3.05) is 13.7 Å². The van der Waals surface area contributed by atoms with Crippen molar-refractivity contribution >= 4 is 10.8 Å². The molecule has 3 nitrogen and oxygen atoms in total. The number of nitrogens with one attached hydrogen (secondary N) is 1. The van der Waals surface area contributed by atoms with Gasteiger partial charge < -0.3 is 10.1 Å². The molecule has 20 heavy (non-hydrogen) atoms. The average Bonchev–Trinajstić information content (AvgIpc) is 2.53. The molecule has 0 amide bonds. The fourth-order valence-corrected chi connectivity index (χ4v) is 3.10. The highest BCUT2D eigenvalue weighted by atomic mass is 16.5. The summed E-state index contributed by atoms with van der Waals surface area (Å²) in [4.78, 5) is 4.28. The largest absolute Gasteiger partial charge is 0.378 e. The lowest BCUT2D eigenvalue weighted by Gasteiger charge is -2.27. The standard InChI is InChI=1S/C17H22N2O/c1-18-17(11-14-6-2-3-10-20-14)15-7-4-5-13-8-9-19-12-16(13)15/h4-5,7-9,12,14,17-18H,2-3,6,10-11H2,1H3. The zero-order valence-electron chi connectivity index (χ0n) is 12.0. The van der Waals surface area contributed by atoms with Crippen LogP contribution in [0.5, 0.6) is 0 Å². The number of aromatic nitrogens is 1. The highest BCUT2D eigenvalue weighted by Crippen LogP contribution is 2.29. The molecule has 0 bridgehead atoms. The summed E-state index contributed by atoms with van der Waals surface area (Å²) in [5, 5.41) is 5.94. The van der Waals surface area contributed by atoms with Crippen molar-refractivity contribution < 1.29 is 4.74 Å². The van der Waals surface area contributed by atoms with Crippen LogP contribution in [0.25, 0.3) is 10.8 Å². The van der Waals surface area contributed by atoms with Gasteiger partial charge in [0.25, 0.3) is 0 Å². The normalized spacial score (nSPS) is 20.9. The van der Waals surface area contributed by atoms with Crippen molar-refractivity contribution in [1.29, 1.82) is 0 Å². The number of benzene rings is 1. The monoisotopic (exact) mass is 270 g/mol. The van der Waals surface area contributed by atoms with Crippen molar-refractivity contribution in [3.63, 3.8) is 0 Å². The minimum absolute atomic E-state index is 0.325. The van der Waals surface area contributed by atoms with Crippen LogP contribution in [0.3, 0.4) is 0 Å². The number of nitrogens with zero attached hydrogens (tertiary/aromatic N) is 1. The number of hydrogen-bond donors (Lipinski definition) is 1. The Morgan fingerprint density at radius 2 is 2.30 bits per heavy atom. The molecule has 2 atom stereocenters. The molecule has 1 N–H and O–H groups in total. The van der Waals surface area contributed by atoms with E-state index >= 15 is 0 Å². The van der Waals surface area contributed by atoms with Crippen LogP contribution in [-0.2, 0) is 4.74 Å². The van der Waals surface area contributed by atoms with E-state index in [9.17, 15) is 0 Å². The first kappa shape index (κ1) is 13.5. The predicted molar refractivity (Wildman–Crippen MR) is 81.8 cm³/mol. The van der Waals surface area contributed by atoms with Crippen molar-refractivity contribution in [2.45, 2.75) is 37.8 Å². The molecule has 0 aliphatic carbocycles. The van der Waals surface area contributed by atoms with Gasteiger partial charge >= 0.3 is 0 Å². The maximum absolute atomic E-state index is 5.89. The van der Waals surface area contributed by atoms with Crippen LogP contribution < -0.4 is 5.32 Å². The summed E-state index contributed by atoms with van der Waals surface area (Å²) in [5.41, 5.74) is 1.33. The van der Waals surface area contributed by atoms with E-state index < -0.39 is 0 Å². The van der Waals surface area contributed by atoms with Gasteiger partial charge in [0.05, 0.1) is 6.10 Å². The third-order valence-corrected chi connectivity index (χ3v) is 4.21. The van der Waals surface area contributed by atoms with Crippen molar-refractivity contribution in [3.05, 3.63) is 42.2 Å². The Kier molecular flexibility index (Phi) is 4.28. The van der Waals surface area contributed by atoms with E-state index in [-0.39, 0.29) is 0 Å². The molecule has 0 radical (unpaired) electrons. The van der Waals surface area contributed by atoms with Crippen LogP contribution in [-0.4, -0.2) is 24.7 Å². The van der Waals surface area contributed by atoms with Crippen LogP contribution in [0, 0.1) is 0 Å². The molecular formula is C17H22N2O. The van der Waals surface area contributed by atoms with Gasteiger partial charge in [-0.1, -0.05) is 18.2 Å². The minimum Gasteiger partial charge on any atom is -0.378 e. The molecule has 1 aliphatic rings. The van der Waals surface area contributed by atoms with Crippen LogP contribution in [0.15, 0.2) is 36.7 Å². The molecule has 3 rings (SSSR count). The van der Waals surface area contributed by atoms with Crippen LogP contribution in [0.1, 0.15) is 37.3 Å². The molecule has 0 saturated carbocycles. The third kappa shape index (κ3) is 2.84. The lowest BCUT2D eigenvalue weighted by molar-refractivity contribution is 0.00556. The first-order valence-electron chi connectivity index (χ1n) is 7.50. The fourth-order valence-electron chi connectivity index (χ4n) is 3.10. The van der Waals surface area contributed by atoms with Crippen molar-refractivity contribution in [1.82, 2.24) is 10.3 Å². The molecule has 2 heterocycles. The summed E-state index contributed by atoms with van der Waals surface area (Å²) in [5.74, 6) is 0.